The molecule has 0 aliphatic carbocycles. The third-order valence-electron chi connectivity index (χ3n) is 2.12. The van der Waals surface area contributed by atoms with Crippen LogP contribution in [0.5, 0.6) is 0 Å². The highest BCUT2D eigenvalue weighted by Crippen LogP contribution is 2.27. The zero-order valence-electron chi connectivity index (χ0n) is 9.09. The minimum Gasteiger partial charge on any atom is -0.206 e. The van der Waals surface area contributed by atoms with Gasteiger partial charge in [-0.2, -0.15) is 5.26 Å². The molecular weight excluding hydrogens is 228 g/mol. The lowest BCUT2D eigenvalue weighted by atomic mass is 10.2. The number of halogens is 2. The van der Waals surface area contributed by atoms with Gasteiger partial charge < -0.3 is 0 Å². The maximum absolute atomic E-state index is 13.4. The summed E-state index contributed by atoms with van der Waals surface area (Å²) in [6, 6.07) is 3.87. The second-order valence-electron chi connectivity index (χ2n) is 3.44. The van der Waals surface area contributed by atoms with E-state index in [2.05, 4.69) is 6.92 Å². The summed E-state index contributed by atoms with van der Waals surface area (Å²) in [6.45, 7) is 2.08. The fourth-order valence-corrected chi connectivity index (χ4v) is 2.23. The Kier molecular flexibility index (Phi) is 5.27. The average molecular weight is 241 g/mol. The van der Waals surface area contributed by atoms with E-state index in [-0.39, 0.29) is 10.5 Å². The number of rotatable bonds is 5. The Labute approximate surface area is 98.5 Å². The number of nitriles is 1. The molecule has 0 saturated carbocycles. The van der Waals surface area contributed by atoms with Crippen LogP contribution in [-0.4, -0.2) is 5.75 Å². The van der Waals surface area contributed by atoms with Gasteiger partial charge in [0.05, 0.1) is 16.5 Å². The van der Waals surface area contributed by atoms with E-state index in [1.54, 1.807) is 6.07 Å². The first kappa shape index (κ1) is 13.0. The van der Waals surface area contributed by atoms with E-state index in [1.165, 1.54) is 11.8 Å². The van der Waals surface area contributed by atoms with Gasteiger partial charge in [-0.1, -0.05) is 19.8 Å². The van der Waals surface area contributed by atoms with Crippen molar-refractivity contribution in [1.82, 2.24) is 0 Å². The van der Waals surface area contributed by atoms with Crippen LogP contribution in [0.25, 0.3) is 0 Å². The van der Waals surface area contributed by atoms with Crippen molar-refractivity contribution in [3.63, 3.8) is 0 Å². The van der Waals surface area contributed by atoms with Crippen molar-refractivity contribution < 1.29 is 8.78 Å². The molecule has 1 nitrogen and oxygen atoms in total. The molecule has 0 bridgehead atoms. The number of benzene rings is 1. The van der Waals surface area contributed by atoms with E-state index in [1.807, 2.05) is 0 Å². The van der Waals surface area contributed by atoms with Gasteiger partial charge in [0.2, 0.25) is 0 Å². The molecule has 16 heavy (non-hydrogen) atoms. The van der Waals surface area contributed by atoms with Crippen molar-refractivity contribution >= 4 is 11.8 Å². The smallest absolute Gasteiger partial charge is 0.141 e. The first-order valence-electron chi connectivity index (χ1n) is 5.21. The van der Waals surface area contributed by atoms with E-state index in [4.69, 9.17) is 5.26 Å². The second kappa shape index (κ2) is 6.49. The van der Waals surface area contributed by atoms with E-state index in [9.17, 15) is 8.78 Å². The van der Waals surface area contributed by atoms with Crippen molar-refractivity contribution in [2.24, 2.45) is 0 Å². The summed E-state index contributed by atoms with van der Waals surface area (Å²) in [4.78, 5) is 0.0232. The summed E-state index contributed by atoms with van der Waals surface area (Å²) < 4.78 is 26.8. The molecule has 0 saturated heterocycles. The third kappa shape index (κ3) is 3.49. The van der Waals surface area contributed by atoms with Crippen LogP contribution in [0.3, 0.4) is 0 Å². The summed E-state index contributed by atoms with van der Waals surface area (Å²) in [5, 5.41) is 8.53. The fourth-order valence-electron chi connectivity index (χ4n) is 1.29. The van der Waals surface area contributed by atoms with Crippen molar-refractivity contribution in [3.8, 4) is 6.07 Å². The molecule has 0 amide bonds. The Morgan fingerprint density at radius 1 is 1.25 bits per heavy atom. The molecule has 0 aliphatic rings. The normalized spacial score (nSPS) is 10.1. The van der Waals surface area contributed by atoms with Crippen LogP contribution >= 0.6 is 11.8 Å². The average Bonchev–Trinajstić information content (AvgIpc) is 2.26. The Balaban J connectivity index is 2.70. The van der Waals surface area contributed by atoms with E-state index < -0.39 is 11.6 Å². The number of unbranched alkanes of at least 4 members (excludes halogenated alkanes) is 2. The lowest BCUT2D eigenvalue weighted by Gasteiger charge is -2.04. The first-order valence-corrected chi connectivity index (χ1v) is 6.19. The van der Waals surface area contributed by atoms with Crippen LogP contribution in [0.15, 0.2) is 17.0 Å². The van der Waals surface area contributed by atoms with Gasteiger partial charge in [-0.25, -0.2) is 8.78 Å². The maximum atomic E-state index is 13.4. The van der Waals surface area contributed by atoms with Crippen molar-refractivity contribution in [1.29, 1.82) is 5.26 Å². The predicted octanol–water partition coefficient (Wildman–Crippen LogP) is 4.12. The van der Waals surface area contributed by atoms with Gasteiger partial charge in [0.25, 0.3) is 0 Å². The summed E-state index contributed by atoms with van der Waals surface area (Å²) in [5.74, 6) is -0.579. The number of nitrogens with zero attached hydrogens (tertiary/aromatic N) is 1. The monoisotopic (exact) mass is 241 g/mol. The quantitative estimate of drug-likeness (QED) is 0.572. The van der Waals surface area contributed by atoms with Gasteiger partial charge in [0.15, 0.2) is 0 Å². The lowest BCUT2D eigenvalue weighted by molar-refractivity contribution is 0.539. The number of hydrogen-bond donors (Lipinski definition) is 0. The van der Waals surface area contributed by atoms with Crippen LogP contribution in [0.2, 0.25) is 0 Å². The van der Waals surface area contributed by atoms with Crippen LogP contribution in [0.1, 0.15) is 31.7 Å². The summed E-state index contributed by atoms with van der Waals surface area (Å²) >= 11 is 1.17. The molecule has 1 aromatic rings. The summed E-state index contributed by atoms with van der Waals surface area (Å²) in [6.07, 6.45) is 3.09. The van der Waals surface area contributed by atoms with Gasteiger partial charge >= 0.3 is 0 Å². The van der Waals surface area contributed by atoms with Gasteiger partial charge in [-0.05, 0) is 24.3 Å². The highest BCUT2D eigenvalue weighted by Gasteiger charge is 2.11. The van der Waals surface area contributed by atoms with E-state index in [0.717, 1.165) is 31.4 Å². The largest absolute Gasteiger partial charge is 0.206 e. The number of hydrogen-bond acceptors (Lipinski definition) is 2. The first-order chi connectivity index (χ1) is 7.69. The zero-order chi connectivity index (χ0) is 12.0. The van der Waals surface area contributed by atoms with Gasteiger partial charge in [0.1, 0.15) is 11.6 Å². The molecule has 0 aromatic heterocycles. The molecule has 0 unspecified atom stereocenters. The molecule has 0 N–H and O–H groups in total. The van der Waals surface area contributed by atoms with E-state index >= 15 is 0 Å². The van der Waals surface area contributed by atoms with Gasteiger partial charge in [0, 0.05) is 0 Å². The van der Waals surface area contributed by atoms with Crippen LogP contribution in [0.4, 0.5) is 8.78 Å². The SMILES string of the molecule is CCCCCSc1c(F)cc(C#N)cc1F. The Hall–Kier alpha value is -1.08. The minimum atomic E-state index is -0.641. The molecule has 86 valence electrons. The Morgan fingerprint density at radius 2 is 1.88 bits per heavy atom. The molecule has 1 rings (SSSR count). The van der Waals surface area contributed by atoms with Crippen molar-refractivity contribution in [3.05, 3.63) is 29.3 Å². The Morgan fingerprint density at radius 3 is 2.38 bits per heavy atom. The molecule has 0 fully saturated rings. The van der Waals surface area contributed by atoms with Crippen molar-refractivity contribution in [2.45, 2.75) is 31.1 Å². The molecule has 1 aromatic carbocycles. The highest BCUT2D eigenvalue weighted by molar-refractivity contribution is 7.99. The second-order valence-corrected chi connectivity index (χ2v) is 4.54. The van der Waals surface area contributed by atoms with Crippen LogP contribution in [-0.2, 0) is 0 Å². The Bertz CT molecular complexity index is 375. The molecule has 0 heterocycles. The highest BCUT2D eigenvalue weighted by atomic mass is 32.2. The van der Waals surface area contributed by atoms with Crippen molar-refractivity contribution in [2.75, 3.05) is 5.75 Å². The van der Waals surface area contributed by atoms with Gasteiger partial charge in [-0.15, -0.1) is 11.8 Å². The lowest BCUT2D eigenvalue weighted by Crippen LogP contribution is -1.91. The minimum absolute atomic E-state index is 0.0212. The molecule has 0 aliphatic heterocycles. The van der Waals surface area contributed by atoms with Crippen LogP contribution in [0, 0.1) is 23.0 Å². The summed E-state index contributed by atoms with van der Waals surface area (Å²) in [5.41, 5.74) is 0.0212. The number of thioether (sulfide) groups is 1. The predicted molar refractivity (Wildman–Crippen MR) is 61.3 cm³/mol. The topological polar surface area (TPSA) is 23.8 Å². The summed E-state index contributed by atoms with van der Waals surface area (Å²) in [7, 11) is 0. The molecule has 0 spiro atoms. The van der Waals surface area contributed by atoms with Crippen LogP contribution < -0.4 is 0 Å². The maximum Gasteiger partial charge on any atom is 0.141 e. The molecule has 0 atom stereocenters. The standard InChI is InChI=1S/C12H13F2NS/c1-2-3-4-5-16-12-10(13)6-9(8-15)7-11(12)14/h6-7H,2-5H2,1H3. The molecule has 0 radical (unpaired) electrons. The van der Waals surface area contributed by atoms with E-state index in [0.29, 0.717) is 5.75 Å². The zero-order valence-corrected chi connectivity index (χ0v) is 9.91. The van der Waals surface area contributed by atoms with Gasteiger partial charge in [-0.3, -0.25) is 0 Å². The molecular formula is C12H13F2NS. The fraction of sp³-hybridized carbons (Fsp3) is 0.417. The third-order valence-corrected chi connectivity index (χ3v) is 3.29. The molecule has 4 heteroatoms.